The van der Waals surface area contributed by atoms with Crippen LogP contribution in [0.3, 0.4) is 0 Å². The van der Waals surface area contributed by atoms with E-state index in [9.17, 15) is 0 Å². The summed E-state index contributed by atoms with van der Waals surface area (Å²) >= 11 is -3.90. The summed E-state index contributed by atoms with van der Waals surface area (Å²) in [6.07, 6.45) is 4.90. The first-order valence-electron chi connectivity index (χ1n) is 11.8. The maximum absolute atomic E-state index is 7.67. The predicted molar refractivity (Wildman–Crippen MR) is 145 cm³/mol. The Bertz CT molecular complexity index is 1530. The summed E-state index contributed by atoms with van der Waals surface area (Å²) in [5.41, 5.74) is 9.30. The van der Waals surface area contributed by atoms with E-state index in [1.54, 1.807) is 5.20 Å². The summed E-state index contributed by atoms with van der Waals surface area (Å²) in [6, 6.07) is 35.3. The molecule has 0 saturated carbocycles. The van der Waals surface area contributed by atoms with Crippen molar-refractivity contribution in [3.63, 3.8) is 0 Å². The molecule has 0 spiro atoms. The van der Waals surface area contributed by atoms with Gasteiger partial charge in [0.2, 0.25) is 0 Å². The van der Waals surface area contributed by atoms with E-state index in [2.05, 4.69) is 109 Å². The summed E-state index contributed by atoms with van der Waals surface area (Å²) in [7, 11) is 14.6. The molecule has 0 N–H and O–H groups in total. The standard InChI is InChI=1S/C30H22Si.2ClH.Zr/c1-2-10-21(11-3-1)26-15-8-9-17-28(26)30-27-16-7-6-14-24(27)20-29(30)31-25-18-22-12-4-5-13-23(22)19-25;;;/h1-10,12-20,30H,31H2;2*1H;/q;;;+2/p-2. The van der Waals surface area contributed by atoms with Gasteiger partial charge in [0, 0.05) is 0 Å². The van der Waals surface area contributed by atoms with Gasteiger partial charge in [-0.05, 0) is 0 Å². The topological polar surface area (TPSA) is 0 Å². The molecule has 7 rings (SSSR count). The van der Waals surface area contributed by atoms with Crippen LogP contribution in [0.15, 0.2) is 107 Å². The van der Waals surface area contributed by atoms with E-state index in [1.807, 2.05) is 0 Å². The number of halogens is 2. The molecule has 1 aliphatic heterocycles. The Labute approximate surface area is 214 Å². The Balaban J connectivity index is 1.57. The molecule has 3 aliphatic rings. The van der Waals surface area contributed by atoms with E-state index >= 15 is 0 Å². The molecule has 4 heteroatoms. The third-order valence-corrected chi connectivity index (χ3v) is 22.0. The maximum atomic E-state index is 7.67. The summed E-state index contributed by atoms with van der Waals surface area (Å²) < 4.78 is 1.37. The van der Waals surface area contributed by atoms with Crippen molar-refractivity contribution >= 4 is 42.0 Å². The van der Waals surface area contributed by atoms with Gasteiger partial charge in [-0.1, -0.05) is 0 Å². The molecule has 2 unspecified atom stereocenters. The molecule has 1 heterocycles. The van der Waals surface area contributed by atoms with Gasteiger partial charge in [-0.2, -0.15) is 0 Å². The molecule has 0 radical (unpaired) electrons. The minimum absolute atomic E-state index is 0.164. The van der Waals surface area contributed by atoms with Crippen molar-refractivity contribution in [1.82, 2.24) is 0 Å². The van der Waals surface area contributed by atoms with Crippen molar-refractivity contribution in [1.29, 1.82) is 0 Å². The first-order valence-corrected chi connectivity index (χ1v) is 22.2. The van der Waals surface area contributed by atoms with Crippen LogP contribution in [-0.4, -0.2) is 9.52 Å². The Morgan fingerprint density at radius 2 is 1.12 bits per heavy atom. The van der Waals surface area contributed by atoms with Crippen LogP contribution in [0, 0.1) is 0 Å². The molecule has 164 valence electrons. The van der Waals surface area contributed by atoms with E-state index in [1.165, 1.54) is 47.4 Å². The van der Waals surface area contributed by atoms with Crippen LogP contribution in [0.4, 0.5) is 0 Å². The van der Waals surface area contributed by atoms with Gasteiger partial charge in [0.15, 0.2) is 0 Å². The van der Waals surface area contributed by atoms with Crippen molar-refractivity contribution in [2.24, 2.45) is 0 Å². The quantitative estimate of drug-likeness (QED) is 0.196. The average molecular weight is 573 g/mol. The Hall–Kier alpha value is -1.96. The van der Waals surface area contributed by atoms with Crippen molar-refractivity contribution in [3.8, 4) is 11.1 Å². The number of rotatable bonds is 0. The molecule has 0 amide bonds. The van der Waals surface area contributed by atoms with Gasteiger partial charge in [0.1, 0.15) is 0 Å². The van der Waals surface area contributed by atoms with Gasteiger partial charge in [-0.15, -0.1) is 0 Å². The molecule has 2 aliphatic carbocycles. The zero-order valence-electron chi connectivity index (χ0n) is 18.5. The van der Waals surface area contributed by atoms with Crippen LogP contribution in [0.2, 0.25) is 0 Å². The fraction of sp³-hybridized carbons (Fsp3) is 0.0667. The first kappa shape index (κ1) is 21.3. The SMILES string of the molecule is [Cl][Zr]1([Cl])[c]2ccccc2-c2ccccc2C2C(=Cc3ccccc32)[SiH2]C2=Cc3ccccc3[CH]21. The van der Waals surface area contributed by atoms with Crippen molar-refractivity contribution in [2.75, 3.05) is 0 Å². The average Bonchev–Trinajstić information content (AvgIpc) is 3.41. The van der Waals surface area contributed by atoms with E-state index < -0.39 is 27.4 Å². The van der Waals surface area contributed by atoms with Crippen LogP contribution < -0.4 is 3.27 Å². The molecule has 0 fully saturated rings. The molecule has 0 bridgehead atoms. The molecule has 2 atom stereocenters. The van der Waals surface area contributed by atoms with Crippen LogP contribution >= 0.6 is 17.0 Å². The molecular weight excluding hydrogens is 551 g/mol. The Morgan fingerprint density at radius 3 is 1.91 bits per heavy atom. The molecular formula is C30H22Cl2SiZr. The van der Waals surface area contributed by atoms with Crippen LogP contribution in [-0.2, 0) is 17.9 Å². The number of benzene rings is 4. The third-order valence-electron chi connectivity index (χ3n) is 7.66. The number of hydrogen-bond donors (Lipinski definition) is 0. The fourth-order valence-electron chi connectivity index (χ4n) is 6.27. The van der Waals surface area contributed by atoms with Gasteiger partial charge in [-0.25, -0.2) is 0 Å². The molecule has 4 aromatic carbocycles. The second-order valence-corrected chi connectivity index (χ2v) is 25.5. The zero-order valence-corrected chi connectivity index (χ0v) is 23.9. The second-order valence-electron chi connectivity index (χ2n) is 9.49. The van der Waals surface area contributed by atoms with E-state index in [0.29, 0.717) is 5.92 Å². The zero-order chi connectivity index (χ0) is 22.9. The number of allylic oxidation sites excluding steroid dienone is 2. The van der Waals surface area contributed by atoms with Gasteiger partial charge >= 0.3 is 216 Å². The van der Waals surface area contributed by atoms with E-state index in [4.69, 9.17) is 17.0 Å². The fourth-order valence-corrected chi connectivity index (χ4v) is 23.5. The van der Waals surface area contributed by atoms with Gasteiger partial charge in [-0.3, -0.25) is 0 Å². The molecule has 0 aromatic heterocycles. The molecule has 34 heavy (non-hydrogen) atoms. The Kier molecular flexibility index (Phi) is 5.04. The molecule has 0 nitrogen and oxygen atoms in total. The number of fused-ring (bicyclic) bond motifs is 10. The summed E-state index contributed by atoms with van der Waals surface area (Å²) in [5.74, 6) is 0.297. The molecule has 4 aromatic rings. The summed E-state index contributed by atoms with van der Waals surface area (Å²) in [4.78, 5) is 0. The van der Waals surface area contributed by atoms with Gasteiger partial charge in [0.25, 0.3) is 0 Å². The normalized spacial score (nSPS) is 21.8. The first-order chi connectivity index (χ1) is 16.6. The molecule has 0 saturated heterocycles. The van der Waals surface area contributed by atoms with Gasteiger partial charge < -0.3 is 0 Å². The predicted octanol–water partition coefficient (Wildman–Crippen LogP) is 7.21. The van der Waals surface area contributed by atoms with Crippen molar-refractivity contribution in [2.45, 2.75) is 9.54 Å². The van der Waals surface area contributed by atoms with Gasteiger partial charge in [0.05, 0.1) is 0 Å². The van der Waals surface area contributed by atoms with Crippen LogP contribution in [0.5, 0.6) is 0 Å². The van der Waals surface area contributed by atoms with Crippen molar-refractivity contribution < 1.29 is 17.9 Å². The monoisotopic (exact) mass is 570 g/mol. The minimum atomic E-state index is -3.90. The second kappa shape index (κ2) is 8.04. The Morgan fingerprint density at radius 1 is 0.559 bits per heavy atom. The van der Waals surface area contributed by atoms with Crippen LogP contribution in [0.25, 0.3) is 23.3 Å². The third kappa shape index (κ3) is 3.12. The summed E-state index contributed by atoms with van der Waals surface area (Å²) in [5, 5.41) is 3.09. The van der Waals surface area contributed by atoms with Crippen LogP contribution in [0.1, 0.15) is 37.4 Å². The number of hydrogen-bond acceptors (Lipinski definition) is 0. The van der Waals surface area contributed by atoms with Crippen molar-refractivity contribution in [3.05, 3.63) is 135 Å². The van der Waals surface area contributed by atoms with E-state index in [0.717, 1.165) is 0 Å². The van der Waals surface area contributed by atoms with E-state index in [-0.39, 0.29) is 3.63 Å². The summed E-state index contributed by atoms with van der Waals surface area (Å²) in [6.45, 7) is 0.